The molecule has 2 heterocycles. The molecule has 0 aliphatic carbocycles. The number of ether oxygens (including phenoxy) is 3. The number of pyridine rings is 2. The van der Waals surface area contributed by atoms with Crippen molar-refractivity contribution in [3.05, 3.63) is 118 Å². The molecule has 0 aliphatic heterocycles. The van der Waals surface area contributed by atoms with Gasteiger partial charge in [0.1, 0.15) is 22.8 Å². The van der Waals surface area contributed by atoms with Gasteiger partial charge in [-0.3, -0.25) is 14.7 Å². The van der Waals surface area contributed by atoms with Crippen molar-refractivity contribution in [2.75, 3.05) is 18.5 Å². The van der Waals surface area contributed by atoms with Gasteiger partial charge in [-0.15, -0.1) is 0 Å². The van der Waals surface area contributed by atoms with Crippen LogP contribution in [0.3, 0.4) is 0 Å². The van der Waals surface area contributed by atoms with Crippen LogP contribution in [-0.4, -0.2) is 34.8 Å². The van der Waals surface area contributed by atoms with Crippen LogP contribution in [0.2, 0.25) is 5.02 Å². The number of benzene rings is 3. The molecule has 2 aromatic heterocycles. The predicted octanol–water partition coefficient (Wildman–Crippen LogP) is 6.49. The zero-order valence-corrected chi connectivity index (χ0v) is 23.3. The van der Waals surface area contributed by atoms with Crippen molar-refractivity contribution < 1.29 is 23.8 Å². The van der Waals surface area contributed by atoms with Gasteiger partial charge in [0, 0.05) is 35.6 Å². The third-order valence-corrected chi connectivity index (χ3v) is 6.53. The monoisotopic (exact) mass is 583 g/mol. The van der Waals surface area contributed by atoms with E-state index >= 15 is 0 Å². The lowest BCUT2D eigenvalue weighted by Crippen LogP contribution is -2.27. The number of aromatic nitrogens is 2. The molecule has 0 atom stereocenters. The Hall–Kier alpha value is -5.15. The number of nitrogens with one attached hydrogen (secondary N) is 1. The van der Waals surface area contributed by atoms with Crippen LogP contribution >= 0.6 is 11.6 Å². The number of hydrogen-bond donors (Lipinski definition) is 1. The molecule has 0 spiro atoms. The highest BCUT2D eigenvalue weighted by molar-refractivity contribution is 6.30. The molecule has 0 aliphatic rings. The number of amides is 1. The number of para-hydroxylation sites is 1. The number of rotatable bonds is 9. The average molecular weight is 584 g/mol. The Morgan fingerprint density at radius 1 is 0.905 bits per heavy atom. The fourth-order valence-corrected chi connectivity index (χ4v) is 4.55. The Morgan fingerprint density at radius 2 is 1.69 bits per heavy atom. The van der Waals surface area contributed by atoms with E-state index in [0.29, 0.717) is 50.7 Å². The van der Waals surface area contributed by atoms with Gasteiger partial charge in [-0.05, 0) is 60.2 Å². The first kappa shape index (κ1) is 28.4. The first-order chi connectivity index (χ1) is 20.4. The van der Waals surface area contributed by atoms with Gasteiger partial charge in [-0.2, -0.15) is 0 Å². The highest BCUT2D eigenvalue weighted by Gasteiger charge is 2.20. The van der Waals surface area contributed by atoms with E-state index in [1.807, 2.05) is 12.1 Å². The van der Waals surface area contributed by atoms with Crippen LogP contribution in [0.1, 0.15) is 16.8 Å². The zero-order chi connectivity index (χ0) is 29.5. The number of aryl methyl sites for hydroxylation is 1. The standard InChI is InChI=1S/C32H26ClN3O6/c1-36-29-26(15-7-16-34-29)27(28(30(36)37)35-32(39)42-24-12-3-2-4-13-24)21-9-6-14-25(20-21)40-17-8-18-41-31(38)22-10-5-11-23(33)19-22/h2-7,9-16,19-20H,8,17-18H2,1H3,(H,35,39). The Labute approximate surface area is 246 Å². The van der Waals surface area contributed by atoms with Crippen molar-refractivity contribution in [1.29, 1.82) is 0 Å². The summed E-state index contributed by atoms with van der Waals surface area (Å²) >= 11 is 5.94. The second-order valence-electron chi connectivity index (χ2n) is 9.19. The van der Waals surface area contributed by atoms with Crippen LogP contribution in [0, 0.1) is 0 Å². The smallest absolute Gasteiger partial charge is 0.417 e. The molecule has 0 radical (unpaired) electrons. The van der Waals surface area contributed by atoms with Crippen molar-refractivity contribution >= 4 is 40.4 Å². The second kappa shape index (κ2) is 13.0. The summed E-state index contributed by atoms with van der Waals surface area (Å²) in [6.07, 6.45) is 1.25. The van der Waals surface area contributed by atoms with Gasteiger partial charge in [0.05, 0.1) is 18.8 Å². The first-order valence-corrected chi connectivity index (χ1v) is 13.5. The van der Waals surface area contributed by atoms with E-state index in [4.69, 9.17) is 25.8 Å². The molecule has 0 unspecified atom stereocenters. The highest BCUT2D eigenvalue weighted by atomic mass is 35.5. The molecule has 212 valence electrons. The summed E-state index contributed by atoms with van der Waals surface area (Å²) < 4.78 is 18.0. The highest BCUT2D eigenvalue weighted by Crippen LogP contribution is 2.34. The van der Waals surface area contributed by atoms with Gasteiger partial charge < -0.3 is 14.2 Å². The quantitative estimate of drug-likeness (QED) is 0.156. The first-order valence-electron chi connectivity index (χ1n) is 13.1. The molecule has 0 fully saturated rings. The number of fused-ring (bicyclic) bond motifs is 1. The minimum absolute atomic E-state index is 0.0454. The normalized spacial score (nSPS) is 10.7. The Bertz CT molecular complexity index is 1810. The van der Waals surface area contributed by atoms with Gasteiger partial charge in [0.25, 0.3) is 5.56 Å². The molecule has 10 heteroatoms. The van der Waals surface area contributed by atoms with Crippen LogP contribution < -0.4 is 20.3 Å². The van der Waals surface area contributed by atoms with Crippen LogP contribution in [0.15, 0.2) is 102 Å². The van der Waals surface area contributed by atoms with E-state index in [1.54, 1.807) is 92.1 Å². The number of carbonyl (C=O) groups is 2. The van der Waals surface area contributed by atoms with E-state index in [-0.39, 0.29) is 18.9 Å². The molecule has 1 amide bonds. The molecule has 42 heavy (non-hydrogen) atoms. The fourth-order valence-electron chi connectivity index (χ4n) is 4.36. The minimum atomic E-state index is -0.803. The van der Waals surface area contributed by atoms with Gasteiger partial charge in [0.15, 0.2) is 0 Å². The summed E-state index contributed by atoms with van der Waals surface area (Å²) in [5.41, 5.74) is 1.53. The van der Waals surface area contributed by atoms with Gasteiger partial charge in [0.2, 0.25) is 0 Å². The van der Waals surface area contributed by atoms with Crippen molar-refractivity contribution in [2.24, 2.45) is 7.05 Å². The third kappa shape index (κ3) is 6.59. The van der Waals surface area contributed by atoms with Crippen LogP contribution in [0.25, 0.3) is 22.2 Å². The number of hydrogen-bond acceptors (Lipinski definition) is 7. The summed E-state index contributed by atoms with van der Waals surface area (Å²) in [6, 6.07) is 25.8. The lowest BCUT2D eigenvalue weighted by molar-refractivity contribution is 0.0486. The molecule has 0 saturated carbocycles. The van der Waals surface area contributed by atoms with Crippen LogP contribution in [0.4, 0.5) is 10.5 Å². The largest absolute Gasteiger partial charge is 0.493 e. The SMILES string of the molecule is Cn1c(=O)c(NC(=O)Oc2ccccc2)c(-c2cccc(OCCCOC(=O)c3cccc(Cl)c3)c2)c2cccnc21. The second-order valence-corrected chi connectivity index (χ2v) is 9.63. The van der Waals surface area contributed by atoms with E-state index < -0.39 is 17.6 Å². The minimum Gasteiger partial charge on any atom is -0.493 e. The molecule has 9 nitrogen and oxygen atoms in total. The van der Waals surface area contributed by atoms with Gasteiger partial charge >= 0.3 is 12.1 Å². The van der Waals surface area contributed by atoms with Crippen LogP contribution in [-0.2, 0) is 11.8 Å². The topological polar surface area (TPSA) is 109 Å². The average Bonchev–Trinajstić information content (AvgIpc) is 3.00. The maximum Gasteiger partial charge on any atom is 0.417 e. The van der Waals surface area contributed by atoms with Crippen molar-refractivity contribution in [3.8, 4) is 22.6 Å². The number of carbonyl (C=O) groups excluding carboxylic acids is 2. The Morgan fingerprint density at radius 3 is 2.50 bits per heavy atom. The lowest BCUT2D eigenvalue weighted by Gasteiger charge is -2.17. The third-order valence-electron chi connectivity index (χ3n) is 6.30. The lowest BCUT2D eigenvalue weighted by atomic mass is 10.00. The van der Waals surface area contributed by atoms with Crippen LogP contribution in [0.5, 0.6) is 11.5 Å². The summed E-state index contributed by atoms with van der Waals surface area (Å²) in [7, 11) is 1.59. The predicted molar refractivity (Wildman–Crippen MR) is 160 cm³/mol. The van der Waals surface area contributed by atoms with Gasteiger partial charge in [-0.25, -0.2) is 14.6 Å². The molecular formula is C32H26ClN3O6. The summed E-state index contributed by atoms with van der Waals surface area (Å²) in [4.78, 5) is 42.9. The summed E-state index contributed by atoms with van der Waals surface area (Å²) in [6.45, 7) is 0.438. The zero-order valence-electron chi connectivity index (χ0n) is 22.6. The molecule has 3 aromatic carbocycles. The van der Waals surface area contributed by atoms with E-state index in [2.05, 4.69) is 10.3 Å². The number of nitrogens with zero attached hydrogens (tertiary/aromatic N) is 2. The molecule has 1 N–H and O–H groups in total. The number of halogens is 1. The summed E-state index contributed by atoms with van der Waals surface area (Å²) in [5.74, 6) is 0.408. The Balaban J connectivity index is 1.35. The summed E-state index contributed by atoms with van der Waals surface area (Å²) in [5, 5.41) is 3.76. The number of esters is 1. The Kier molecular flexibility index (Phi) is 8.79. The van der Waals surface area contributed by atoms with E-state index in [9.17, 15) is 14.4 Å². The molecule has 5 rings (SSSR count). The maximum absolute atomic E-state index is 13.4. The van der Waals surface area contributed by atoms with E-state index in [1.165, 1.54) is 4.57 Å². The molecule has 0 bridgehead atoms. The molecule has 5 aromatic rings. The van der Waals surface area contributed by atoms with Crippen molar-refractivity contribution in [2.45, 2.75) is 6.42 Å². The fraction of sp³-hybridized carbons (Fsp3) is 0.125. The van der Waals surface area contributed by atoms with Crippen molar-refractivity contribution in [3.63, 3.8) is 0 Å². The van der Waals surface area contributed by atoms with Crippen molar-refractivity contribution in [1.82, 2.24) is 9.55 Å². The molecule has 0 saturated heterocycles. The van der Waals surface area contributed by atoms with E-state index in [0.717, 1.165) is 0 Å². The number of anilines is 1. The molecular weight excluding hydrogens is 558 g/mol. The maximum atomic E-state index is 13.4. The van der Waals surface area contributed by atoms with Gasteiger partial charge in [-0.1, -0.05) is 48.0 Å².